The van der Waals surface area contributed by atoms with Crippen LogP contribution >= 0.6 is 0 Å². The summed E-state index contributed by atoms with van der Waals surface area (Å²) in [5.74, 6) is -0.750. The summed E-state index contributed by atoms with van der Waals surface area (Å²) in [6, 6.07) is 6.21. The van der Waals surface area contributed by atoms with Gasteiger partial charge in [-0.3, -0.25) is 9.52 Å². The van der Waals surface area contributed by atoms with Crippen molar-refractivity contribution in [1.82, 2.24) is 5.16 Å². The van der Waals surface area contributed by atoms with Gasteiger partial charge in [0.05, 0.1) is 5.41 Å². The van der Waals surface area contributed by atoms with Crippen molar-refractivity contribution in [3.63, 3.8) is 0 Å². The molecule has 0 unspecified atom stereocenters. The summed E-state index contributed by atoms with van der Waals surface area (Å²) in [6.45, 7) is 6.23. The number of carboxylic acid groups (broad SMARTS) is 1. The average molecular weight is 338 g/mol. The first kappa shape index (κ1) is 17.0. The molecule has 7 nitrogen and oxygen atoms in total. The first-order chi connectivity index (χ1) is 10.6. The van der Waals surface area contributed by atoms with Gasteiger partial charge in [-0.1, -0.05) is 17.3 Å². The zero-order valence-corrected chi connectivity index (χ0v) is 14.1. The number of benzene rings is 1. The number of nitrogens with zero attached hydrogens (tertiary/aromatic N) is 1. The molecule has 2 rings (SSSR count). The number of hydrogen-bond acceptors (Lipinski definition) is 5. The molecule has 0 aliphatic heterocycles. The Morgan fingerprint density at radius 3 is 2.22 bits per heavy atom. The highest BCUT2D eigenvalue weighted by molar-refractivity contribution is 7.92. The highest BCUT2D eigenvalue weighted by atomic mass is 32.2. The molecular weight excluding hydrogens is 320 g/mol. The number of carbonyl (C=O) groups is 1. The Morgan fingerprint density at radius 1 is 1.22 bits per heavy atom. The number of aromatic nitrogens is 1. The predicted octanol–water partition coefficient (Wildman–Crippen LogP) is 2.45. The normalized spacial score (nSPS) is 12.2. The van der Waals surface area contributed by atoms with Gasteiger partial charge in [0.1, 0.15) is 5.69 Å². The van der Waals surface area contributed by atoms with Gasteiger partial charge in [-0.05, 0) is 45.4 Å². The summed E-state index contributed by atoms with van der Waals surface area (Å²) >= 11 is 0. The quantitative estimate of drug-likeness (QED) is 0.866. The fourth-order valence-electron chi connectivity index (χ4n) is 2.14. The van der Waals surface area contributed by atoms with Gasteiger partial charge in [0.2, 0.25) is 0 Å². The van der Waals surface area contributed by atoms with E-state index >= 15 is 0 Å². The Balaban J connectivity index is 2.30. The van der Waals surface area contributed by atoms with Gasteiger partial charge in [0.15, 0.2) is 10.7 Å². The number of anilines is 1. The first-order valence-electron chi connectivity index (χ1n) is 6.85. The second-order valence-corrected chi connectivity index (χ2v) is 7.39. The summed E-state index contributed by atoms with van der Waals surface area (Å²) in [7, 11) is -3.82. The molecule has 2 N–H and O–H groups in total. The summed E-state index contributed by atoms with van der Waals surface area (Å²) in [4.78, 5) is 11.2. The second kappa shape index (κ2) is 5.69. The van der Waals surface area contributed by atoms with Crippen LogP contribution in [-0.2, 0) is 20.2 Å². The molecule has 2 aromatic rings. The summed E-state index contributed by atoms with van der Waals surface area (Å²) in [5.41, 5.74) is 0.123. The van der Waals surface area contributed by atoms with Gasteiger partial charge in [-0.25, -0.2) is 8.42 Å². The van der Waals surface area contributed by atoms with Crippen LogP contribution in [0, 0.1) is 13.8 Å². The molecule has 1 heterocycles. The van der Waals surface area contributed by atoms with Crippen molar-refractivity contribution in [3.8, 4) is 0 Å². The molecule has 1 aromatic carbocycles. The van der Waals surface area contributed by atoms with Crippen LogP contribution in [-0.4, -0.2) is 24.7 Å². The summed E-state index contributed by atoms with van der Waals surface area (Å²) < 4.78 is 32.1. The maximum atomic E-state index is 12.4. The van der Waals surface area contributed by atoms with E-state index in [0.717, 1.165) is 0 Å². The van der Waals surface area contributed by atoms with Gasteiger partial charge >= 0.3 is 5.97 Å². The SMILES string of the molecule is Cc1noc(C)c1S(=O)(=O)Nc1ccc(C(C)(C)C(=O)O)cc1. The monoisotopic (exact) mass is 338 g/mol. The fraction of sp³-hybridized carbons (Fsp3) is 0.333. The van der Waals surface area contributed by atoms with E-state index in [-0.39, 0.29) is 16.3 Å². The lowest BCUT2D eigenvalue weighted by molar-refractivity contribution is -0.142. The molecule has 0 fully saturated rings. The lowest BCUT2D eigenvalue weighted by Gasteiger charge is -2.20. The van der Waals surface area contributed by atoms with Crippen LogP contribution in [0.4, 0.5) is 5.69 Å². The second-order valence-electron chi connectivity index (χ2n) is 5.77. The number of aryl methyl sites for hydroxylation is 2. The smallest absolute Gasteiger partial charge is 0.313 e. The molecular formula is C15H18N2O5S. The van der Waals surface area contributed by atoms with E-state index in [0.29, 0.717) is 11.3 Å². The maximum absolute atomic E-state index is 12.4. The fourth-order valence-corrected chi connectivity index (χ4v) is 3.53. The van der Waals surface area contributed by atoms with Crippen molar-refractivity contribution in [3.05, 3.63) is 41.3 Å². The first-order valence-corrected chi connectivity index (χ1v) is 8.33. The van der Waals surface area contributed by atoms with Gasteiger partial charge in [0, 0.05) is 5.69 Å². The predicted molar refractivity (Wildman–Crippen MR) is 83.9 cm³/mol. The minimum atomic E-state index is -3.82. The Bertz CT molecular complexity index is 816. The highest BCUT2D eigenvalue weighted by Crippen LogP contribution is 2.26. The Hall–Kier alpha value is -2.35. The minimum Gasteiger partial charge on any atom is -0.481 e. The number of rotatable bonds is 5. The zero-order chi connectivity index (χ0) is 17.4. The molecule has 0 saturated carbocycles. The molecule has 0 atom stereocenters. The van der Waals surface area contributed by atoms with Crippen molar-refractivity contribution in [1.29, 1.82) is 0 Å². The average Bonchev–Trinajstić information content (AvgIpc) is 2.78. The molecule has 8 heteroatoms. The lowest BCUT2D eigenvalue weighted by Crippen LogP contribution is -2.28. The van der Waals surface area contributed by atoms with E-state index < -0.39 is 21.4 Å². The van der Waals surface area contributed by atoms with Crippen molar-refractivity contribution < 1.29 is 22.8 Å². The standard InChI is InChI=1S/C15H18N2O5S/c1-9-13(10(2)22-16-9)23(20,21)17-12-7-5-11(6-8-12)15(3,4)14(18)19/h5-8,17H,1-4H3,(H,18,19). The lowest BCUT2D eigenvalue weighted by atomic mass is 9.85. The van der Waals surface area contributed by atoms with Crippen LogP contribution in [0.2, 0.25) is 0 Å². The molecule has 0 aliphatic carbocycles. The number of sulfonamides is 1. The molecule has 0 saturated heterocycles. The molecule has 1 aromatic heterocycles. The van der Waals surface area contributed by atoms with Crippen LogP contribution < -0.4 is 4.72 Å². The zero-order valence-electron chi connectivity index (χ0n) is 13.2. The third-order valence-electron chi connectivity index (χ3n) is 3.63. The number of carboxylic acids is 1. The Kier molecular flexibility index (Phi) is 4.21. The van der Waals surface area contributed by atoms with Gasteiger partial charge in [-0.2, -0.15) is 0 Å². The minimum absolute atomic E-state index is 0.00689. The molecule has 124 valence electrons. The molecule has 0 radical (unpaired) electrons. The van der Waals surface area contributed by atoms with Crippen LogP contribution in [0.25, 0.3) is 0 Å². The van der Waals surface area contributed by atoms with Crippen LogP contribution in [0.15, 0.2) is 33.7 Å². The largest absolute Gasteiger partial charge is 0.481 e. The Morgan fingerprint density at radius 2 is 1.78 bits per heavy atom. The van der Waals surface area contributed by atoms with Crippen molar-refractivity contribution >= 4 is 21.7 Å². The van der Waals surface area contributed by atoms with E-state index in [1.807, 2.05) is 0 Å². The van der Waals surface area contributed by atoms with Crippen molar-refractivity contribution in [2.75, 3.05) is 4.72 Å². The number of nitrogens with one attached hydrogen (secondary N) is 1. The van der Waals surface area contributed by atoms with E-state index in [1.54, 1.807) is 32.9 Å². The van der Waals surface area contributed by atoms with E-state index in [4.69, 9.17) is 4.52 Å². The van der Waals surface area contributed by atoms with E-state index in [9.17, 15) is 18.3 Å². The summed E-state index contributed by atoms with van der Waals surface area (Å²) in [6.07, 6.45) is 0. The van der Waals surface area contributed by atoms with Crippen LogP contribution in [0.5, 0.6) is 0 Å². The molecule has 0 spiro atoms. The van der Waals surface area contributed by atoms with E-state index in [1.165, 1.54) is 19.1 Å². The van der Waals surface area contributed by atoms with Gasteiger partial charge in [0.25, 0.3) is 10.0 Å². The van der Waals surface area contributed by atoms with Crippen LogP contribution in [0.1, 0.15) is 30.9 Å². The van der Waals surface area contributed by atoms with Crippen molar-refractivity contribution in [2.45, 2.75) is 38.0 Å². The van der Waals surface area contributed by atoms with E-state index in [2.05, 4.69) is 9.88 Å². The highest BCUT2D eigenvalue weighted by Gasteiger charge is 2.29. The van der Waals surface area contributed by atoms with Crippen LogP contribution in [0.3, 0.4) is 0 Å². The molecule has 0 bridgehead atoms. The number of hydrogen-bond donors (Lipinski definition) is 2. The van der Waals surface area contributed by atoms with Gasteiger partial charge < -0.3 is 9.63 Å². The third kappa shape index (κ3) is 3.21. The van der Waals surface area contributed by atoms with Crippen molar-refractivity contribution in [2.24, 2.45) is 0 Å². The molecule has 0 aliphatic rings. The van der Waals surface area contributed by atoms with Gasteiger partial charge in [-0.15, -0.1) is 0 Å². The number of aliphatic carboxylic acids is 1. The summed E-state index contributed by atoms with van der Waals surface area (Å²) in [5, 5.41) is 12.8. The topological polar surface area (TPSA) is 110 Å². The molecule has 0 amide bonds. The maximum Gasteiger partial charge on any atom is 0.313 e. The Labute approximate surface area is 134 Å². The molecule has 23 heavy (non-hydrogen) atoms. The third-order valence-corrected chi connectivity index (χ3v) is 5.25.